The van der Waals surface area contributed by atoms with Gasteiger partial charge in [-0.2, -0.15) is 0 Å². The van der Waals surface area contributed by atoms with E-state index in [1.807, 2.05) is 66.7 Å². The Bertz CT molecular complexity index is 1250. The number of hydrogen-bond donors (Lipinski definition) is 0. The van der Waals surface area contributed by atoms with Crippen molar-refractivity contribution >= 4 is 15.9 Å². The van der Waals surface area contributed by atoms with Crippen molar-refractivity contribution in [3.8, 4) is 11.4 Å². The molecule has 1 heterocycles. The maximum Gasteiger partial charge on any atom is 0.268 e. The van der Waals surface area contributed by atoms with E-state index in [0.29, 0.717) is 46.5 Å². The molecule has 0 saturated heterocycles. The monoisotopic (exact) mass is 476 g/mol. The fourth-order valence-electron chi connectivity index (χ4n) is 3.68. The molecule has 0 bridgehead atoms. The summed E-state index contributed by atoms with van der Waals surface area (Å²) in [4.78, 5) is 17.9. The number of benzene rings is 3. The van der Waals surface area contributed by atoms with Gasteiger partial charge in [0.1, 0.15) is 16.1 Å². The van der Waals surface area contributed by atoms with Gasteiger partial charge >= 0.3 is 0 Å². The van der Waals surface area contributed by atoms with Crippen molar-refractivity contribution in [2.45, 2.75) is 26.3 Å². The molecule has 5 heteroatoms. The standard InChI is InChI=1S/C26H22BrFN2O/c1-18-24(27)26(31)30(16-15-19-9-4-2-5-10-19)25(29-18)21-13-8-14-23(28)22(21)17-20-11-6-3-7-12-20/h2-14H,15-17H2,1H3. The second-order valence-corrected chi connectivity index (χ2v) is 8.25. The zero-order chi connectivity index (χ0) is 21.8. The van der Waals surface area contributed by atoms with Gasteiger partial charge in [-0.1, -0.05) is 72.8 Å². The van der Waals surface area contributed by atoms with Gasteiger partial charge in [-0.05, 0) is 46.5 Å². The Morgan fingerprint density at radius 1 is 0.903 bits per heavy atom. The molecule has 0 fully saturated rings. The lowest BCUT2D eigenvalue weighted by molar-refractivity contribution is 0.612. The van der Waals surface area contributed by atoms with Gasteiger partial charge in [-0.15, -0.1) is 0 Å². The second kappa shape index (κ2) is 9.40. The third-order valence-corrected chi connectivity index (χ3v) is 6.24. The quantitative estimate of drug-likeness (QED) is 0.344. The Hall–Kier alpha value is -3.05. The number of halogens is 2. The van der Waals surface area contributed by atoms with Crippen LogP contribution in [0.2, 0.25) is 0 Å². The van der Waals surface area contributed by atoms with Gasteiger partial charge in [-0.3, -0.25) is 9.36 Å². The third-order valence-electron chi connectivity index (χ3n) is 5.33. The van der Waals surface area contributed by atoms with Crippen molar-refractivity contribution in [3.63, 3.8) is 0 Å². The van der Waals surface area contributed by atoms with Crippen LogP contribution in [0.5, 0.6) is 0 Å². The highest BCUT2D eigenvalue weighted by atomic mass is 79.9. The molecule has 0 saturated carbocycles. The van der Waals surface area contributed by atoms with Crippen LogP contribution in [0.1, 0.15) is 22.4 Å². The molecule has 4 rings (SSSR count). The minimum Gasteiger partial charge on any atom is -0.291 e. The molecule has 3 nitrogen and oxygen atoms in total. The first-order valence-corrected chi connectivity index (χ1v) is 11.0. The van der Waals surface area contributed by atoms with Crippen LogP contribution in [0, 0.1) is 12.7 Å². The first-order chi connectivity index (χ1) is 15.0. The van der Waals surface area contributed by atoms with Gasteiger partial charge in [0.15, 0.2) is 0 Å². The molecule has 156 valence electrons. The molecule has 0 amide bonds. The van der Waals surface area contributed by atoms with Crippen molar-refractivity contribution < 1.29 is 4.39 Å². The van der Waals surface area contributed by atoms with Gasteiger partial charge in [0.25, 0.3) is 5.56 Å². The fourth-order valence-corrected chi connectivity index (χ4v) is 3.99. The maximum absolute atomic E-state index is 15.0. The van der Waals surface area contributed by atoms with E-state index in [1.54, 1.807) is 17.6 Å². The maximum atomic E-state index is 15.0. The van der Waals surface area contributed by atoms with Crippen LogP contribution < -0.4 is 5.56 Å². The topological polar surface area (TPSA) is 34.9 Å². The summed E-state index contributed by atoms with van der Waals surface area (Å²) < 4.78 is 17.0. The number of aromatic nitrogens is 2. The normalized spacial score (nSPS) is 10.9. The highest BCUT2D eigenvalue weighted by Crippen LogP contribution is 2.27. The van der Waals surface area contributed by atoms with E-state index >= 15 is 0 Å². The first-order valence-electron chi connectivity index (χ1n) is 10.2. The summed E-state index contributed by atoms with van der Waals surface area (Å²) in [5, 5.41) is 0. The Morgan fingerprint density at radius 2 is 1.55 bits per heavy atom. The van der Waals surface area contributed by atoms with E-state index in [4.69, 9.17) is 4.98 Å². The highest BCUT2D eigenvalue weighted by Gasteiger charge is 2.19. The molecule has 0 aliphatic heterocycles. The molecule has 0 aliphatic rings. The van der Waals surface area contributed by atoms with E-state index in [-0.39, 0.29) is 11.4 Å². The molecule has 3 aromatic carbocycles. The van der Waals surface area contributed by atoms with E-state index in [1.165, 1.54) is 6.07 Å². The van der Waals surface area contributed by atoms with E-state index in [2.05, 4.69) is 15.9 Å². The Kier molecular flexibility index (Phi) is 6.42. The number of hydrogen-bond acceptors (Lipinski definition) is 2. The number of aryl methyl sites for hydroxylation is 2. The van der Waals surface area contributed by atoms with Crippen molar-refractivity contribution in [2.24, 2.45) is 0 Å². The molecule has 0 radical (unpaired) electrons. The Balaban J connectivity index is 1.82. The van der Waals surface area contributed by atoms with Gasteiger partial charge in [-0.25, -0.2) is 9.37 Å². The summed E-state index contributed by atoms with van der Waals surface area (Å²) in [6, 6.07) is 24.7. The largest absolute Gasteiger partial charge is 0.291 e. The zero-order valence-corrected chi connectivity index (χ0v) is 18.8. The van der Waals surface area contributed by atoms with Crippen LogP contribution in [-0.4, -0.2) is 9.55 Å². The predicted octanol–water partition coefficient (Wildman–Crippen LogP) is 5.95. The molecule has 0 aliphatic carbocycles. The second-order valence-electron chi connectivity index (χ2n) is 7.46. The van der Waals surface area contributed by atoms with Crippen molar-refractivity contribution in [1.29, 1.82) is 0 Å². The summed E-state index contributed by atoms with van der Waals surface area (Å²) in [7, 11) is 0. The first kappa shape index (κ1) is 21.2. The minimum atomic E-state index is -0.300. The van der Waals surface area contributed by atoms with Gasteiger partial charge in [0.05, 0.1) is 5.69 Å². The molecule has 0 N–H and O–H groups in total. The van der Waals surface area contributed by atoms with Crippen LogP contribution in [-0.2, 0) is 19.4 Å². The summed E-state index contributed by atoms with van der Waals surface area (Å²) in [5.74, 6) is 0.192. The van der Waals surface area contributed by atoms with Crippen LogP contribution >= 0.6 is 15.9 Å². The van der Waals surface area contributed by atoms with Crippen molar-refractivity contribution in [2.75, 3.05) is 0 Å². The molecule has 0 atom stereocenters. The molecular formula is C26H22BrFN2O. The van der Waals surface area contributed by atoms with Crippen molar-refractivity contribution in [3.05, 3.63) is 122 Å². The predicted molar refractivity (Wildman–Crippen MR) is 126 cm³/mol. The van der Waals surface area contributed by atoms with Crippen LogP contribution in [0.25, 0.3) is 11.4 Å². The lowest BCUT2D eigenvalue weighted by Gasteiger charge is -2.17. The fraction of sp³-hybridized carbons (Fsp3) is 0.154. The van der Waals surface area contributed by atoms with E-state index in [9.17, 15) is 9.18 Å². The molecular weight excluding hydrogens is 455 g/mol. The smallest absolute Gasteiger partial charge is 0.268 e. The molecule has 1 aromatic heterocycles. The molecule has 31 heavy (non-hydrogen) atoms. The number of rotatable bonds is 6. The van der Waals surface area contributed by atoms with Crippen LogP contribution in [0.3, 0.4) is 0 Å². The third kappa shape index (κ3) is 4.67. The molecule has 0 spiro atoms. The molecule has 4 aromatic rings. The van der Waals surface area contributed by atoms with Gasteiger partial charge in [0, 0.05) is 24.1 Å². The van der Waals surface area contributed by atoms with Crippen molar-refractivity contribution in [1.82, 2.24) is 9.55 Å². The van der Waals surface area contributed by atoms with E-state index in [0.717, 1.165) is 11.1 Å². The summed E-state index contributed by atoms with van der Waals surface area (Å²) in [6.45, 7) is 2.23. The Morgan fingerprint density at radius 3 is 2.23 bits per heavy atom. The Labute approximate surface area is 189 Å². The lowest BCUT2D eigenvalue weighted by Crippen LogP contribution is -2.26. The lowest BCUT2D eigenvalue weighted by atomic mass is 9.98. The van der Waals surface area contributed by atoms with Crippen LogP contribution in [0.4, 0.5) is 4.39 Å². The average Bonchev–Trinajstić information content (AvgIpc) is 2.79. The van der Waals surface area contributed by atoms with Crippen LogP contribution in [0.15, 0.2) is 88.1 Å². The SMILES string of the molecule is Cc1nc(-c2cccc(F)c2Cc2ccccc2)n(CCc2ccccc2)c(=O)c1Br. The minimum absolute atomic E-state index is 0.159. The highest BCUT2D eigenvalue weighted by molar-refractivity contribution is 9.10. The zero-order valence-electron chi connectivity index (χ0n) is 17.2. The summed E-state index contributed by atoms with van der Waals surface area (Å²) in [6.07, 6.45) is 1.10. The van der Waals surface area contributed by atoms with Gasteiger partial charge in [0.2, 0.25) is 0 Å². The summed E-state index contributed by atoms with van der Waals surface area (Å²) in [5.41, 5.74) is 3.74. The summed E-state index contributed by atoms with van der Waals surface area (Å²) >= 11 is 3.38. The number of nitrogens with zero attached hydrogens (tertiary/aromatic N) is 2. The van der Waals surface area contributed by atoms with E-state index < -0.39 is 0 Å². The molecule has 0 unspecified atom stereocenters. The van der Waals surface area contributed by atoms with Gasteiger partial charge < -0.3 is 0 Å². The average molecular weight is 477 g/mol.